The van der Waals surface area contributed by atoms with E-state index in [1.54, 1.807) is 0 Å². The van der Waals surface area contributed by atoms with Crippen molar-refractivity contribution in [2.24, 2.45) is 10.9 Å². The Balaban J connectivity index is 1.61. The number of rotatable bonds is 8. The van der Waals surface area contributed by atoms with E-state index < -0.39 is 9.84 Å². The molecule has 2 aromatic carbocycles. The van der Waals surface area contributed by atoms with E-state index in [1.807, 2.05) is 19.1 Å². The second-order valence-electron chi connectivity index (χ2n) is 7.58. The molecular weight excluding hydrogens is 382 g/mol. The lowest BCUT2D eigenvalue weighted by molar-refractivity contribution is 0.589. The van der Waals surface area contributed by atoms with Crippen LogP contribution in [0.3, 0.4) is 0 Å². The molecule has 5 nitrogen and oxygen atoms in total. The number of sulfone groups is 1. The standard InChI is InChI=1S/C23H31N3O2S/c1-2-24-23(26-17-19-14-16-29(27,28)18-19)25-15-13-22(20-9-5-3-6-10-20)21-11-7-4-8-12-21/h3-12,19,22H,2,13-18H2,1H3,(H2,24,25,26). The van der Waals surface area contributed by atoms with Crippen molar-refractivity contribution in [3.63, 3.8) is 0 Å². The normalized spacial score (nSPS) is 18.7. The molecule has 0 bridgehead atoms. The van der Waals surface area contributed by atoms with E-state index in [4.69, 9.17) is 0 Å². The zero-order valence-electron chi connectivity index (χ0n) is 17.0. The lowest BCUT2D eigenvalue weighted by Gasteiger charge is -2.19. The van der Waals surface area contributed by atoms with Gasteiger partial charge in [0.05, 0.1) is 11.5 Å². The molecule has 29 heavy (non-hydrogen) atoms. The smallest absolute Gasteiger partial charge is 0.191 e. The molecule has 1 saturated heterocycles. The molecule has 3 rings (SSSR count). The Hall–Kier alpha value is -2.34. The molecule has 0 saturated carbocycles. The average Bonchev–Trinajstić information content (AvgIpc) is 3.09. The Morgan fingerprint density at radius 3 is 2.17 bits per heavy atom. The first-order valence-corrected chi connectivity index (χ1v) is 12.2. The molecule has 1 aliphatic rings. The molecular formula is C23H31N3O2S. The van der Waals surface area contributed by atoms with Gasteiger partial charge in [-0.3, -0.25) is 4.99 Å². The van der Waals surface area contributed by atoms with E-state index in [-0.39, 0.29) is 11.7 Å². The van der Waals surface area contributed by atoms with Gasteiger partial charge in [0.1, 0.15) is 0 Å². The van der Waals surface area contributed by atoms with Gasteiger partial charge in [-0.05, 0) is 36.8 Å². The fourth-order valence-corrected chi connectivity index (χ4v) is 5.66. The maximum absolute atomic E-state index is 11.6. The van der Waals surface area contributed by atoms with Crippen LogP contribution in [0.5, 0.6) is 0 Å². The third kappa shape index (κ3) is 6.60. The largest absolute Gasteiger partial charge is 0.357 e. The van der Waals surface area contributed by atoms with Gasteiger partial charge >= 0.3 is 0 Å². The van der Waals surface area contributed by atoms with Crippen LogP contribution in [-0.4, -0.2) is 45.5 Å². The van der Waals surface area contributed by atoms with Gasteiger partial charge < -0.3 is 10.6 Å². The number of guanidine groups is 1. The minimum absolute atomic E-state index is 0.136. The summed E-state index contributed by atoms with van der Waals surface area (Å²) in [4.78, 5) is 4.63. The maximum Gasteiger partial charge on any atom is 0.191 e. The van der Waals surface area contributed by atoms with Crippen molar-refractivity contribution in [3.05, 3.63) is 71.8 Å². The van der Waals surface area contributed by atoms with Crippen LogP contribution in [0.15, 0.2) is 65.7 Å². The van der Waals surface area contributed by atoms with Crippen molar-refractivity contribution in [2.75, 3.05) is 31.1 Å². The lowest BCUT2D eigenvalue weighted by atomic mass is 9.88. The Kier molecular flexibility index (Phi) is 7.69. The molecule has 1 aliphatic heterocycles. The first-order valence-electron chi connectivity index (χ1n) is 10.4. The highest BCUT2D eigenvalue weighted by Gasteiger charge is 2.27. The van der Waals surface area contributed by atoms with Gasteiger partial charge in [-0.15, -0.1) is 0 Å². The van der Waals surface area contributed by atoms with Gasteiger partial charge in [0.15, 0.2) is 15.8 Å². The van der Waals surface area contributed by atoms with Crippen molar-refractivity contribution < 1.29 is 8.42 Å². The molecule has 1 unspecified atom stereocenters. The molecule has 1 atom stereocenters. The second-order valence-corrected chi connectivity index (χ2v) is 9.81. The van der Waals surface area contributed by atoms with Gasteiger partial charge in [0.2, 0.25) is 0 Å². The van der Waals surface area contributed by atoms with Crippen LogP contribution < -0.4 is 10.6 Å². The van der Waals surface area contributed by atoms with Crippen LogP contribution in [-0.2, 0) is 9.84 Å². The van der Waals surface area contributed by atoms with E-state index >= 15 is 0 Å². The molecule has 0 amide bonds. The third-order valence-electron chi connectivity index (χ3n) is 5.31. The van der Waals surface area contributed by atoms with Crippen LogP contribution in [0.2, 0.25) is 0 Å². The van der Waals surface area contributed by atoms with Gasteiger partial charge in [-0.25, -0.2) is 8.42 Å². The minimum Gasteiger partial charge on any atom is -0.357 e. The van der Waals surface area contributed by atoms with Crippen LogP contribution in [0, 0.1) is 5.92 Å². The Morgan fingerprint density at radius 2 is 1.66 bits per heavy atom. The molecule has 0 spiro atoms. The van der Waals surface area contributed by atoms with Crippen LogP contribution >= 0.6 is 0 Å². The number of nitrogens with zero attached hydrogens (tertiary/aromatic N) is 1. The van der Waals surface area contributed by atoms with Gasteiger partial charge in [-0.1, -0.05) is 60.7 Å². The number of hydrogen-bond donors (Lipinski definition) is 2. The van der Waals surface area contributed by atoms with Crippen molar-refractivity contribution in [3.8, 4) is 0 Å². The molecule has 0 aromatic heterocycles. The molecule has 2 N–H and O–H groups in total. The summed E-state index contributed by atoms with van der Waals surface area (Å²) in [7, 11) is -2.86. The van der Waals surface area contributed by atoms with Gasteiger partial charge in [0.25, 0.3) is 0 Å². The Labute approximate surface area is 174 Å². The van der Waals surface area contributed by atoms with Crippen LogP contribution in [0.1, 0.15) is 36.8 Å². The summed E-state index contributed by atoms with van der Waals surface area (Å²) in [6.07, 6.45) is 1.66. The van der Waals surface area contributed by atoms with Crippen LogP contribution in [0.4, 0.5) is 0 Å². The van der Waals surface area contributed by atoms with Crippen molar-refractivity contribution in [1.29, 1.82) is 0 Å². The topological polar surface area (TPSA) is 70.6 Å². The highest BCUT2D eigenvalue weighted by atomic mass is 32.2. The van der Waals surface area contributed by atoms with E-state index in [9.17, 15) is 8.42 Å². The summed E-state index contributed by atoms with van der Waals surface area (Å²) in [5.74, 6) is 1.77. The molecule has 1 heterocycles. The van der Waals surface area contributed by atoms with E-state index in [0.29, 0.717) is 18.2 Å². The zero-order valence-corrected chi connectivity index (χ0v) is 17.9. The van der Waals surface area contributed by atoms with Crippen molar-refractivity contribution in [1.82, 2.24) is 10.6 Å². The first-order chi connectivity index (χ1) is 14.1. The Bertz CT molecular complexity index is 843. The lowest BCUT2D eigenvalue weighted by Crippen LogP contribution is -2.38. The summed E-state index contributed by atoms with van der Waals surface area (Å²) in [6.45, 7) is 4.14. The number of hydrogen-bond acceptors (Lipinski definition) is 3. The van der Waals surface area contributed by atoms with E-state index in [2.05, 4.69) is 64.2 Å². The molecule has 6 heteroatoms. The van der Waals surface area contributed by atoms with E-state index in [0.717, 1.165) is 31.9 Å². The van der Waals surface area contributed by atoms with Gasteiger partial charge in [0, 0.05) is 25.6 Å². The second kappa shape index (κ2) is 10.4. The Morgan fingerprint density at radius 1 is 1.03 bits per heavy atom. The van der Waals surface area contributed by atoms with Crippen LogP contribution in [0.25, 0.3) is 0 Å². The van der Waals surface area contributed by atoms with Gasteiger partial charge in [-0.2, -0.15) is 0 Å². The molecule has 2 aromatic rings. The fourth-order valence-electron chi connectivity index (χ4n) is 3.81. The average molecular weight is 414 g/mol. The third-order valence-corrected chi connectivity index (χ3v) is 7.14. The number of nitrogens with one attached hydrogen (secondary N) is 2. The van der Waals surface area contributed by atoms with E-state index in [1.165, 1.54) is 11.1 Å². The monoisotopic (exact) mass is 413 g/mol. The highest BCUT2D eigenvalue weighted by molar-refractivity contribution is 7.91. The molecule has 0 aliphatic carbocycles. The number of benzene rings is 2. The maximum atomic E-state index is 11.6. The summed E-state index contributed by atoms with van der Waals surface area (Å²) in [6, 6.07) is 21.1. The predicted octanol–water partition coefficient (Wildman–Crippen LogP) is 3.20. The summed E-state index contributed by atoms with van der Waals surface area (Å²) in [5.41, 5.74) is 2.61. The quantitative estimate of drug-likeness (QED) is 0.515. The summed E-state index contributed by atoms with van der Waals surface area (Å²) in [5, 5.41) is 6.69. The predicted molar refractivity (Wildman–Crippen MR) is 120 cm³/mol. The summed E-state index contributed by atoms with van der Waals surface area (Å²) >= 11 is 0. The SMILES string of the molecule is CCNC(=NCC1CCS(=O)(=O)C1)NCCC(c1ccccc1)c1ccccc1. The summed E-state index contributed by atoms with van der Waals surface area (Å²) < 4.78 is 23.3. The number of aliphatic imine (C=N–C) groups is 1. The molecule has 1 fully saturated rings. The molecule has 0 radical (unpaired) electrons. The molecule has 156 valence electrons. The fraction of sp³-hybridized carbons (Fsp3) is 0.435. The zero-order chi connectivity index (χ0) is 20.5. The minimum atomic E-state index is -2.86. The van der Waals surface area contributed by atoms with Crippen molar-refractivity contribution in [2.45, 2.75) is 25.7 Å². The first kappa shape index (κ1) is 21.4. The highest BCUT2D eigenvalue weighted by Crippen LogP contribution is 2.27. The van der Waals surface area contributed by atoms with Crippen molar-refractivity contribution >= 4 is 15.8 Å².